The minimum absolute atomic E-state index is 0.231. The molecule has 2 atom stereocenters. The molecule has 1 fully saturated rings. The third-order valence-electron chi connectivity index (χ3n) is 2.08. The van der Waals surface area contributed by atoms with Crippen molar-refractivity contribution in [3.05, 3.63) is 11.8 Å². The second kappa shape index (κ2) is 3.03. The predicted molar refractivity (Wildman–Crippen MR) is 39.8 cm³/mol. The Morgan fingerprint density at radius 2 is 2.40 bits per heavy atom. The van der Waals surface area contributed by atoms with E-state index < -0.39 is 6.23 Å². The van der Waals surface area contributed by atoms with Gasteiger partial charge in [0.05, 0.1) is 0 Å². The van der Waals surface area contributed by atoms with Gasteiger partial charge in [-0.05, 0) is 25.5 Å². The first kappa shape index (κ1) is 7.57. The minimum Gasteiger partial charge on any atom is -0.405 e. The monoisotopic (exact) mass is 142 g/mol. The first-order chi connectivity index (χ1) is 4.74. The maximum Gasteiger partial charge on any atom is 0.105 e. The van der Waals surface area contributed by atoms with E-state index in [9.17, 15) is 0 Å². The summed E-state index contributed by atoms with van der Waals surface area (Å²) in [5.41, 5.74) is 11.8. The van der Waals surface area contributed by atoms with Crippen molar-refractivity contribution in [3.8, 4) is 0 Å². The van der Waals surface area contributed by atoms with Crippen LogP contribution < -0.4 is 11.5 Å². The summed E-state index contributed by atoms with van der Waals surface area (Å²) in [6.45, 7) is 0. The molecule has 2 unspecified atom stereocenters. The average molecular weight is 142 g/mol. The van der Waals surface area contributed by atoms with Crippen LogP contribution in [0.25, 0.3) is 0 Å². The van der Waals surface area contributed by atoms with Crippen LogP contribution in [0, 0.1) is 5.92 Å². The number of aliphatic hydroxyl groups is 1. The quantitative estimate of drug-likeness (QED) is 0.448. The summed E-state index contributed by atoms with van der Waals surface area (Å²) in [7, 11) is 0. The summed E-state index contributed by atoms with van der Waals surface area (Å²) in [6.07, 6.45) is 3.80. The third-order valence-corrected chi connectivity index (χ3v) is 2.08. The fraction of sp³-hybridized carbons (Fsp3) is 0.714. The van der Waals surface area contributed by atoms with Gasteiger partial charge in [0.1, 0.15) is 6.23 Å². The van der Waals surface area contributed by atoms with E-state index in [-0.39, 0.29) is 5.92 Å². The van der Waals surface area contributed by atoms with Crippen LogP contribution in [0.3, 0.4) is 0 Å². The molecule has 0 amide bonds. The van der Waals surface area contributed by atoms with Crippen molar-refractivity contribution in [2.45, 2.75) is 25.5 Å². The molecule has 1 saturated carbocycles. The van der Waals surface area contributed by atoms with Crippen molar-refractivity contribution >= 4 is 0 Å². The number of allylic oxidation sites excluding steroid dienone is 1. The van der Waals surface area contributed by atoms with Gasteiger partial charge in [-0.2, -0.15) is 0 Å². The Hall–Kier alpha value is -0.540. The standard InChI is InChI=1S/C7H14N2O/c8-4-5-1-2-6(3-5)7(9)10/h4,6-7,10H,1-3,8-9H2/b5-4-. The van der Waals surface area contributed by atoms with Crippen molar-refractivity contribution in [1.82, 2.24) is 0 Å². The molecule has 1 aliphatic rings. The lowest BCUT2D eigenvalue weighted by Crippen LogP contribution is -2.27. The van der Waals surface area contributed by atoms with Gasteiger partial charge >= 0.3 is 0 Å². The van der Waals surface area contributed by atoms with E-state index in [1.165, 1.54) is 5.57 Å². The Morgan fingerprint density at radius 3 is 2.70 bits per heavy atom. The zero-order valence-electron chi connectivity index (χ0n) is 5.96. The molecule has 0 heterocycles. The summed E-state index contributed by atoms with van der Waals surface area (Å²) >= 11 is 0. The lowest BCUT2D eigenvalue weighted by molar-refractivity contribution is 0.119. The van der Waals surface area contributed by atoms with Crippen molar-refractivity contribution in [2.24, 2.45) is 17.4 Å². The summed E-state index contributed by atoms with van der Waals surface area (Å²) in [6, 6.07) is 0. The van der Waals surface area contributed by atoms with E-state index in [4.69, 9.17) is 16.6 Å². The number of nitrogens with two attached hydrogens (primary N) is 2. The molecule has 1 rings (SSSR count). The molecule has 3 heteroatoms. The highest BCUT2D eigenvalue weighted by Crippen LogP contribution is 2.30. The maximum atomic E-state index is 8.98. The van der Waals surface area contributed by atoms with Gasteiger partial charge in [0.25, 0.3) is 0 Å². The Kier molecular flexibility index (Phi) is 2.29. The Bertz CT molecular complexity index is 143. The Labute approximate surface area is 60.7 Å². The third kappa shape index (κ3) is 1.49. The molecular formula is C7H14N2O. The van der Waals surface area contributed by atoms with Crippen LogP contribution in [0.5, 0.6) is 0 Å². The second-order valence-electron chi connectivity index (χ2n) is 2.82. The van der Waals surface area contributed by atoms with E-state index in [2.05, 4.69) is 0 Å². The molecule has 1 aliphatic carbocycles. The topological polar surface area (TPSA) is 72.3 Å². The fourth-order valence-corrected chi connectivity index (χ4v) is 1.35. The van der Waals surface area contributed by atoms with Crippen LogP contribution in [-0.2, 0) is 0 Å². The number of hydrogen-bond donors (Lipinski definition) is 3. The lowest BCUT2D eigenvalue weighted by Gasteiger charge is -2.10. The molecule has 0 radical (unpaired) electrons. The van der Waals surface area contributed by atoms with Gasteiger partial charge in [0, 0.05) is 5.92 Å². The van der Waals surface area contributed by atoms with Gasteiger partial charge in [-0.3, -0.25) is 0 Å². The van der Waals surface area contributed by atoms with Crippen molar-refractivity contribution in [1.29, 1.82) is 0 Å². The lowest BCUT2D eigenvalue weighted by atomic mass is 10.1. The Morgan fingerprint density at radius 1 is 1.70 bits per heavy atom. The minimum atomic E-state index is -0.669. The summed E-state index contributed by atoms with van der Waals surface area (Å²) in [5.74, 6) is 0.231. The highest BCUT2D eigenvalue weighted by atomic mass is 16.3. The molecule has 0 bridgehead atoms. The molecule has 0 aromatic rings. The fourth-order valence-electron chi connectivity index (χ4n) is 1.35. The molecule has 0 spiro atoms. The van der Waals surface area contributed by atoms with E-state index in [0.717, 1.165) is 19.3 Å². The smallest absolute Gasteiger partial charge is 0.105 e. The molecule has 0 aliphatic heterocycles. The van der Waals surface area contributed by atoms with Gasteiger partial charge in [0.2, 0.25) is 0 Å². The summed E-state index contributed by atoms with van der Waals surface area (Å²) in [5, 5.41) is 8.98. The first-order valence-electron chi connectivity index (χ1n) is 3.57. The molecule has 58 valence electrons. The van der Waals surface area contributed by atoms with Gasteiger partial charge < -0.3 is 16.6 Å². The molecule has 10 heavy (non-hydrogen) atoms. The molecule has 3 nitrogen and oxygen atoms in total. The largest absolute Gasteiger partial charge is 0.405 e. The molecule has 5 N–H and O–H groups in total. The summed E-state index contributed by atoms with van der Waals surface area (Å²) in [4.78, 5) is 0. The Balaban J connectivity index is 2.43. The highest BCUT2D eigenvalue weighted by Gasteiger charge is 2.23. The SMILES string of the molecule is N/C=C1/CCC(C(N)O)C1. The number of aliphatic hydroxyl groups excluding tert-OH is 1. The van der Waals surface area contributed by atoms with E-state index in [1.807, 2.05) is 0 Å². The van der Waals surface area contributed by atoms with Crippen molar-refractivity contribution in [3.63, 3.8) is 0 Å². The van der Waals surface area contributed by atoms with Crippen LogP contribution >= 0.6 is 0 Å². The molecule has 0 saturated heterocycles. The van der Waals surface area contributed by atoms with Crippen LogP contribution in [0.15, 0.2) is 11.8 Å². The number of rotatable bonds is 1. The van der Waals surface area contributed by atoms with Gasteiger partial charge in [-0.15, -0.1) is 0 Å². The normalized spacial score (nSPS) is 33.0. The van der Waals surface area contributed by atoms with E-state index >= 15 is 0 Å². The zero-order chi connectivity index (χ0) is 7.56. The second-order valence-corrected chi connectivity index (χ2v) is 2.82. The van der Waals surface area contributed by atoms with Gasteiger partial charge in [-0.25, -0.2) is 0 Å². The summed E-state index contributed by atoms with van der Waals surface area (Å²) < 4.78 is 0. The number of hydrogen-bond acceptors (Lipinski definition) is 3. The average Bonchev–Trinajstić information content (AvgIpc) is 2.34. The molecule has 0 aromatic heterocycles. The van der Waals surface area contributed by atoms with Gasteiger partial charge in [0.15, 0.2) is 0 Å². The zero-order valence-corrected chi connectivity index (χ0v) is 5.96. The van der Waals surface area contributed by atoms with Crippen molar-refractivity contribution in [2.75, 3.05) is 0 Å². The molecule has 0 aromatic carbocycles. The van der Waals surface area contributed by atoms with E-state index in [1.54, 1.807) is 6.20 Å². The van der Waals surface area contributed by atoms with Crippen LogP contribution in [-0.4, -0.2) is 11.3 Å². The van der Waals surface area contributed by atoms with Crippen LogP contribution in [0.4, 0.5) is 0 Å². The van der Waals surface area contributed by atoms with Crippen LogP contribution in [0.2, 0.25) is 0 Å². The van der Waals surface area contributed by atoms with Crippen LogP contribution in [0.1, 0.15) is 19.3 Å². The van der Waals surface area contributed by atoms with E-state index in [0.29, 0.717) is 0 Å². The maximum absolute atomic E-state index is 8.98. The van der Waals surface area contributed by atoms with Gasteiger partial charge in [-0.1, -0.05) is 5.57 Å². The molecular weight excluding hydrogens is 128 g/mol. The predicted octanol–water partition coefficient (Wildman–Crippen LogP) is -0.0938. The van der Waals surface area contributed by atoms with Crippen molar-refractivity contribution < 1.29 is 5.11 Å². The highest BCUT2D eigenvalue weighted by molar-refractivity contribution is 5.06. The first-order valence-corrected chi connectivity index (χ1v) is 3.57.